The second kappa shape index (κ2) is 4.27. The Morgan fingerprint density at radius 2 is 2.23 bits per heavy atom. The van der Waals surface area contributed by atoms with E-state index in [-0.39, 0.29) is 0 Å². The second-order valence-corrected chi connectivity index (χ2v) is 4.27. The van der Waals surface area contributed by atoms with Gasteiger partial charge in [-0.25, -0.2) is 4.98 Å². The van der Waals surface area contributed by atoms with Crippen molar-refractivity contribution in [3.8, 4) is 0 Å². The van der Waals surface area contributed by atoms with E-state index in [0.29, 0.717) is 0 Å². The molecule has 1 saturated carbocycles. The van der Waals surface area contributed by atoms with Gasteiger partial charge in [-0.1, -0.05) is 41.6 Å². The summed E-state index contributed by atoms with van der Waals surface area (Å²) in [6.45, 7) is 0. The number of hydrogen-bond acceptors (Lipinski definition) is 2. The molecular weight excluding hydrogens is 230 g/mol. The van der Waals surface area contributed by atoms with Gasteiger partial charge in [0.1, 0.15) is 5.76 Å². The predicted octanol–water partition coefficient (Wildman–Crippen LogP) is 3.30. The number of nitrogens with zero attached hydrogens (tertiary/aromatic N) is 1. The van der Waals surface area contributed by atoms with E-state index < -0.39 is 0 Å². The van der Waals surface area contributed by atoms with Crippen LogP contribution in [0.1, 0.15) is 37.1 Å². The van der Waals surface area contributed by atoms with E-state index in [4.69, 9.17) is 4.42 Å². The lowest BCUT2D eigenvalue weighted by molar-refractivity contribution is 0.440. The topological polar surface area (TPSA) is 26.0 Å². The van der Waals surface area contributed by atoms with Gasteiger partial charge in [-0.3, -0.25) is 0 Å². The highest BCUT2D eigenvalue weighted by atomic mass is 79.9. The third kappa shape index (κ3) is 2.13. The van der Waals surface area contributed by atoms with Crippen LogP contribution in [0.4, 0.5) is 0 Å². The van der Waals surface area contributed by atoms with Crippen LogP contribution in [0.25, 0.3) is 0 Å². The molecule has 1 aromatic rings. The molecule has 1 aliphatic rings. The van der Waals surface area contributed by atoms with Gasteiger partial charge < -0.3 is 4.42 Å². The molecule has 2 nitrogen and oxygen atoms in total. The number of rotatable bonds is 3. The molecule has 0 saturated heterocycles. The molecule has 1 heterocycles. The van der Waals surface area contributed by atoms with Crippen molar-refractivity contribution in [1.29, 1.82) is 0 Å². The SMILES string of the molecule is BrCc1ncoc1CC1CCCC1. The van der Waals surface area contributed by atoms with E-state index in [0.717, 1.165) is 29.1 Å². The lowest BCUT2D eigenvalue weighted by Crippen LogP contribution is -1.99. The lowest BCUT2D eigenvalue weighted by Gasteiger charge is -2.05. The van der Waals surface area contributed by atoms with Crippen LogP contribution in [0.5, 0.6) is 0 Å². The van der Waals surface area contributed by atoms with Crippen LogP contribution >= 0.6 is 15.9 Å². The molecule has 0 unspecified atom stereocenters. The molecule has 0 radical (unpaired) electrons. The summed E-state index contributed by atoms with van der Waals surface area (Å²) in [6, 6.07) is 0. The Morgan fingerprint density at radius 3 is 2.92 bits per heavy atom. The fourth-order valence-electron chi connectivity index (χ4n) is 2.05. The summed E-state index contributed by atoms with van der Waals surface area (Å²) in [5.41, 5.74) is 1.08. The standard InChI is InChI=1S/C10H14BrNO/c11-6-9-10(13-7-12-9)5-8-3-1-2-4-8/h7-8H,1-6H2. The van der Waals surface area contributed by atoms with Crippen LogP contribution in [-0.2, 0) is 11.8 Å². The first-order valence-electron chi connectivity index (χ1n) is 4.87. The Hall–Kier alpha value is -0.310. The average molecular weight is 244 g/mol. The zero-order chi connectivity index (χ0) is 9.10. The van der Waals surface area contributed by atoms with E-state index in [9.17, 15) is 0 Å². The van der Waals surface area contributed by atoms with Crippen LogP contribution in [0.15, 0.2) is 10.8 Å². The zero-order valence-electron chi connectivity index (χ0n) is 7.63. The summed E-state index contributed by atoms with van der Waals surface area (Å²) in [7, 11) is 0. The van der Waals surface area contributed by atoms with Crippen molar-refractivity contribution in [2.75, 3.05) is 0 Å². The van der Waals surface area contributed by atoms with Gasteiger partial charge in [0, 0.05) is 11.8 Å². The smallest absolute Gasteiger partial charge is 0.181 e. The summed E-state index contributed by atoms with van der Waals surface area (Å²) >= 11 is 3.41. The number of halogens is 1. The number of aromatic nitrogens is 1. The summed E-state index contributed by atoms with van der Waals surface area (Å²) in [5, 5.41) is 0.811. The first-order chi connectivity index (χ1) is 6.40. The van der Waals surface area contributed by atoms with Gasteiger partial charge in [0.2, 0.25) is 0 Å². The average Bonchev–Trinajstić information content (AvgIpc) is 2.76. The van der Waals surface area contributed by atoms with Crippen molar-refractivity contribution in [2.45, 2.75) is 37.4 Å². The monoisotopic (exact) mass is 243 g/mol. The Balaban J connectivity index is 1.99. The molecule has 0 aromatic carbocycles. The highest BCUT2D eigenvalue weighted by Gasteiger charge is 2.18. The van der Waals surface area contributed by atoms with E-state index in [1.54, 1.807) is 6.39 Å². The Labute approximate surface area is 86.9 Å². The predicted molar refractivity (Wildman–Crippen MR) is 54.8 cm³/mol. The second-order valence-electron chi connectivity index (χ2n) is 3.71. The molecule has 0 aliphatic heterocycles. The number of oxazole rings is 1. The van der Waals surface area contributed by atoms with Crippen molar-refractivity contribution in [3.05, 3.63) is 17.8 Å². The number of hydrogen-bond donors (Lipinski definition) is 0. The maximum Gasteiger partial charge on any atom is 0.181 e. The molecule has 13 heavy (non-hydrogen) atoms. The third-order valence-electron chi connectivity index (χ3n) is 2.80. The minimum Gasteiger partial charge on any atom is -0.448 e. The minimum atomic E-state index is 0.811. The van der Waals surface area contributed by atoms with Gasteiger partial charge in [0.25, 0.3) is 0 Å². The van der Waals surface area contributed by atoms with E-state index in [1.165, 1.54) is 25.7 Å². The molecule has 3 heteroatoms. The molecule has 0 spiro atoms. The van der Waals surface area contributed by atoms with Crippen LogP contribution in [0, 0.1) is 5.92 Å². The van der Waals surface area contributed by atoms with Gasteiger partial charge in [0.15, 0.2) is 6.39 Å². The van der Waals surface area contributed by atoms with Crippen molar-refractivity contribution < 1.29 is 4.42 Å². The fraction of sp³-hybridized carbons (Fsp3) is 0.700. The molecule has 1 fully saturated rings. The Morgan fingerprint density at radius 1 is 1.46 bits per heavy atom. The zero-order valence-corrected chi connectivity index (χ0v) is 9.22. The molecule has 2 rings (SSSR count). The Kier molecular flexibility index (Phi) is 3.04. The normalized spacial score (nSPS) is 18.2. The summed E-state index contributed by atoms with van der Waals surface area (Å²) in [6.07, 6.45) is 8.15. The van der Waals surface area contributed by atoms with Gasteiger partial charge in [0.05, 0.1) is 5.69 Å². The van der Waals surface area contributed by atoms with Gasteiger partial charge >= 0.3 is 0 Å². The molecule has 1 aliphatic carbocycles. The summed E-state index contributed by atoms with van der Waals surface area (Å²) < 4.78 is 5.38. The van der Waals surface area contributed by atoms with Crippen LogP contribution in [0.2, 0.25) is 0 Å². The highest BCUT2D eigenvalue weighted by molar-refractivity contribution is 9.08. The first kappa shape index (κ1) is 9.25. The van der Waals surface area contributed by atoms with Crippen molar-refractivity contribution in [2.24, 2.45) is 5.92 Å². The highest BCUT2D eigenvalue weighted by Crippen LogP contribution is 2.29. The molecule has 72 valence electrons. The van der Waals surface area contributed by atoms with Gasteiger partial charge in [-0.05, 0) is 5.92 Å². The first-order valence-corrected chi connectivity index (χ1v) is 5.99. The maximum atomic E-state index is 5.38. The van der Waals surface area contributed by atoms with Crippen LogP contribution < -0.4 is 0 Å². The number of alkyl halides is 1. The van der Waals surface area contributed by atoms with Gasteiger partial charge in [-0.15, -0.1) is 0 Å². The quantitative estimate of drug-likeness (QED) is 0.762. The van der Waals surface area contributed by atoms with Crippen LogP contribution in [0.3, 0.4) is 0 Å². The molecule has 1 aromatic heterocycles. The Bertz CT molecular complexity index is 266. The summed E-state index contributed by atoms with van der Waals surface area (Å²) in [4.78, 5) is 4.16. The summed E-state index contributed by atoms with van der Waals surface area (Å²) in [5.74, 6) is 1.93. The van der Waals surface area contributed by atoms with Crippen molar-refractivity contribution in [3.63, 3.8) is 0 Å². The largest absolute Gasteiger partial charge is 0.448 e. The van der Waals surface area contributed by atoms with E-state index in [2.05, 4.69) is 20.9 Å². The maximum absolute atomic E-state index is 5.38. The van der Waals surface area contributed by atoms with Crippen LogP contribution in [-0.4, -0.2) is 4.98 Å². The molecule has 0 atom stereocenters. The minimum absolute atomic E-state index is 0.811. The molecular formula is C10H14BrNO. The van der Waals surface area contributed by atoms with Gasteiger partial charge in [-0.2, -0.15) is 0 Å². The van der Waals surface area contributed by atoms with E-state index >= 15 is 0 Å². The van der Waals surface area contributed by atoms with E-state index in [1.807, 2.05) is 0 Å². The van der Waals surface area contributed by atoms with Crippen molar-refractivity contribution >= 4 is 15.9 Å². The van der Waals surface area contributed by atoms with Crippen molar-refractivity contribution in [1.82, 2.24) is 4.98 Å². The molecule has 0 N–H and O–H groups in total. The third-order valence-corrected chi connectivity index (χ3v) is 3.33. The fourth-order valence-corrected chi connectivity index (χ4v) is 2.50. The lowest BCUT2D eigenvalue weighted by atomic mass is 10.0. The molecule has 0 bridgehead atoms. The molecule has 0 amide bonds.